The predicted molar refractivity (Wildman–Crippen MR) is 129 cm³/mol. The van der Waals surface area contributed by atoms with E-state index in [0.29, 0.717) is 11.9 Å². The SMILES string of the molecule is Cc1ccc(C(NC(=O)c2cn(-c3ccc(F)cc3F)c3nc(N(C)C)ccc3c2=O)C(F)(F)F)cc1. The van der Waals surface area contributed by atoms with Crippen LogP contribution < -0.4 is 15.6 Å². The van der Waals surface area contributed by atoms with Crippen molar-refractivity contribution >= 4 is 22.8 Å². The molecule has 0 bridgehead atoms. The summed E-state index contributed by atoms with van der Waals surface area (Å²) >= 11 is 0. The number of aromatic nitrogens is 2. The second-order valence-electron chi connectivity index (χ2n) is 8.63. The lowest BCUT2D eigenvalue weighted by Gasteiger charge is -2.23. The summed E-state index contributed by atoms with van der Waals surface area (Å²) in [7, 11) is 3.36. The molecule has 192 valence electrons. The Morgan fingerprint density at radius 1 is 1.03 bits per heavy atom. The standard InChI is InChI=1S/C26H21F5N4O2/c1-14-4-6-15(7-5-14)23(26(29,30)31)33-25(37)18-13-35(20-10-8-16(27)12-19(20)28)24-17(22(18)36)9-11-21(32-24)34(2)3/h4-13,23H,1-3H3,(H,33,37). The van der Waals surface area contributed by atoms with Gasteiger partial charge in [-0.3, -0.25) is 14.2 Å². The molecule has 2 aromatic heterocycles. The van der Waals surface area contributed by atoms with E-state index in [1.807, 2.05) is 5.32 Å². The Kier molecular flexibility index (Phi) is 6.72. The van der Waals surface area contributed by atoms with Crippen LogP contribution in [0.15, 0.2) is 65.6 Å². The van der Waals surface area contributed by atoms with Gasteiger partial charge < -0.3 is 10.2 Å². The summed E-state index contributed by atoms with van der Waals surface area (Å²) < 4.78 is 71.0. The molecule has 1 N–H and O–H groups in total. The number of nitrogens with one attached hydrogen (secondary N) is 1. The van der Waals surface area contributed by atoms with Crippen LogP contribution in [0.5, 0.6) is 0 Å². The zero-order valence-electron chi connectivity index (χ0n) is 19.9. The third kappa shape index (κ3) is 5.16. The molecule has 1 atom stereocenters. The first kappa shape index (κ1) is 25.8. The minimum absolute atomic E-state index is 0.0656. The van der Waals surface area contributed by atoms with Gasteiger partial charge in [-0.05, 0) is 36.8 Å². The Bertz CT molecular complexity index is 1550. The predicted octanol–water partition coefficient (Wildman–Crippen LogP) is 5.07. The molecule has 0 spiro atoms. The smallest absolute Gasteiger partial charge is 0.363 e. The number of anilines is 1. The Labute approximate surface area is 208 Å². The topological polar surface area (TPSA) is 67.2 Å². The van der Waals surface area contributed by atoms with Crippen LogP contribution in [-0.4, -0.2) is 35.7 Å². The minimum atomic E-state index is -4.87. The maximum Gasteiger partial charge on any atom is 0.412 e. The van der Waals surface area contributed by atoms with Crippen LogP contribution in [0, 0.1) is 18.6 Å². The van der Waals surface area contributed by atoms with Crippen LogP contribution in [0.4, 0.5) is 27.8 Å². The highest BCUT2D eigenvalue weighted by atomic mass is 19.4. The van der Waals surface area contributed by atoms with Gasteiger partial charge in [-0.2, -0.15) is 13.2 Å². The molecule has 0 aliphatic heterocycles. The van der Waals surface area contributed by atoms with Gasteiger partial charge in [0.15, 0.2) is 11.7 Å². The van der Waals surface area contributed by atoms with Crippen molar-refractivity contribution < 1.29 is 26.7 Å². The molecule has 4 rings (SSSR count). The number of aryl methyl sites for hydroxylation is 1. The van der Waals surface area contributed by atoms with Crippen molar-refractivity contribution in [3.8, 4) is 5.69 Å². The fourth-order valence-electron chi connectivity index (χ4n) is 3.79. The number of pyridine rings is 2. The molecule has 2 heterocycles. The summed E-state index contributed by atoms with van der Waals surface area (Å²) in [4.78, 5) is 32.3. The summed E-state index contributed by atoms with van der Waals surface area (Å²) in [5.74, 6) is -2.82. The fraction of sp³-hybridized carbons (Fsp3) is 0.192. The molecule has 6 nitrogen and oxygen atoms in total. The van der Waals surface area contributed by atoms with Gasteiger partial charge in [0.25, 0.3) is 5.91 Å². The second-order valence-corrected chi connectivity index (χ2v) is 8.63. The number of nitrogens with zero attached hydrogens (tertiary/aromatic N) is 3. The maximum atomic E-state index is 14.8. The Morgan fingerprint density at radius 2 is 1.70 bits per heavy atom. The largest absolute Gasteiger partial charge is 0.412 e. The van der Waals surface area contributed by atoms with E-state index >= 15 is 0 Å². The van der Waals surface area contributed by atoms with E-state index in [2.05, 4.69) is 4.98 Å². The molecular weight excluding hydrogens is 495 g/mol. The lowest BCUT2D eigenvalue weighted by molar-refractivity contribution is -0.155. The zero-order chi connectivity index (χ0) is 27.1. The molecule has 0 fully saturated rings. The molecule has 0 radical (unpaired) electrons. The van der Waals surface area contributed by atoms with E-state index in [0.717, 1.165) is 28.5 Å². The van der Waals surface area contributed by atoms with Gasteiger partial charge in [-0.15, -0.1) is 0 Å². The summed E-state index contributed by atoms with van der Waals surface area (Å²) in [6, 6.07) is 8.45. The zero-order valence-corrected chi connectivity index (χ0v) is 19.9. The Hall–Kier alpha value is -4.28. The number of carbonyl (C=O) groups excluding carboxylic acids is 1. The van der Waals surface area contributed by atoms with E-state index in [1.165, 1.54) is 36.4 Å². The van der Waals surface area contributed by atoms with Crippen LogP contribution >= 0.6 is 0 Å². The number of amides is 1. The van der Waals surface area contributed by atoms with E-state index in [-0.39, 0.29) is 22.3 Å². The molecule has 37 heavy (non-hydrogen) atoms. The monoisotopic (exact) mass is 516 g/mol. The van der Waals surface area contributed by atoms with Gasteiger partial charge in [0.05, 0.1) is 11.1 Å². The van der Waals surface area contributed by atoms with Crippen LogP contribution in [0.25, 0.3) is 16.7 Å². The summed E-state index contributed by atoms with van der Waals surface area (Å²) in [6.45, 7) is 1.70. The number of rotatable bonds is 5. The number of hydrogen-bond acceptors (Lipinski definition) is 4. The molecule has 4 aromatic rings. The van der Waals surface area contributed by atoms with Crippen molar-refractivity contribution in [2.24, 2.45) is 0 Å². The third-order valence-corrected chi connectivity index (χ3v) is 5.72. The molecule has 0 aliphatic carbocycles. The summed E-state index contributed by atoms with van der Waals surface area (Å²) in [5.41, 5.74) is -1.39. The van der Waals surface area contributed by atoms with Crippen LogP contribution in [0.3, 0.4) is 0 Å². The van der Waals surface area contributed by atoms with Gasteiger partial charge in [0.2, 0.25) is 5.43 Å². The van der Waals surface area contributed by atoms with Gasteiger partial charge in [-0.1, -0.05) is 29.8 Å². The Balaban J connectivity index is 1.90. The third-order valence-electron chi connectivity index (χ3n) is 5.72. The molecule has 0 saturated heterocycles. The number of carbonyl (C=O) groups is 1. The summed E-state index contributed by atoms with van der Waals surface area (Å²) in [5, 5.41) is 1.75. The van der Waals surface area contributed by atoms with Crippen LogP contribution in [0.2, 0.25) is 0 Å². The van der Waals surface area contributed by atoms with Crippen molar-refractivity contribution in [1.29, 1.82) is 0 Å². The van der Waals surface area contributed by atoms with E-state index in [4.69, 9.17) is 0 Å². The first-order valence-corrected chi connectivity index (χ1v) is 11.0. The van der Waals surface area contributed by atoms with Crippen molar-refractivity contribution in [1.82, 2.24) is 14.9 Å². The highest BCUT2D eigenvalue weighted by molar-refractivity contribution is 5.97. The number of benzene rings is 2. The number of alkyl halides is 3. The first-order chi connectivity index (χ1) is 17.4. The molecule has 0 aliphatic rings. The molecule has 1 unspecified atom stereocenters. The maximum absolute atomic E-state index is 14.8. The lowest BCUT2D eigenvalue weighted by atomic mass is 10.0. The minimum Gasteiger partial charge on any atom is -0.363 e. The van der Waals surface area contributed by atoms with E-state index < -0.39 is 40.8 Å². The molecule has 2 aromatic carbocycles. The average molecular weight is 516 g/mol. The van der Waals surface area contributed by atoms with Crippen molar-refractivity contribution in [3.05, 3.63) is 99.3 Å². The van der Waals surface area contributed by atoms with Gasteiger partial charge in [0, 0.05) is 26.4 Å². The molecule has 0 saturated carbocycles. The molecule has 11 heteroatoms. The van der Waals surface area contributed by atoms with Crippen LogP contribution in [-0.2, 0) is 0 Å². The number of halogens is 5. The van der Waals surface area contributed by atoms with Gasteiger partial charge in [0.1, 0.15) is 23.0 Å². The fourth-order valence-corrected chi connectivity index (χ4v) is 3.79. The van der Waals surface area contributed by atoms with Gasteiger partial charge in [-0.25, -0.2) is 13.8 Å². The Morgan fingerprint density at radius 3 is 2.30 bits per heavy atom. The highest BCUT2D eigenvalue weighted by Crippen LogP contribution is 2.33. The number of hydrogen-bond donors (Lipinski definition) is 1. The van der Waals surface area contributed by atoms with E-state index in [9.17, 15) is 31.5 Å². The average Bonchev–Trinajstić information content (AvgIpc) is 2.83. The first-order valence-electron chi connectivity index (χ1n) is 11.0. The quantitative estimate of drug-likeness (QED) is 0.376. The highest BCUT2D eigenvalue weighted by Gasteiger charge is 2.42. The molecule has 1 amide bonds. The summed E-state index contributed by atoms with van der Waals surface area (Å²) in [6.07, 6.45) is -3.96. The van der Waals surface area contributed by atoms with Gasteiger partial charge >= 0.3 is 6.18 Å². The van der Waals surface area contributed by atoms with Crippen molar-refractivity contribution in [2.45, 2.75) is 19.1 Å². The van der Waals surface area contributed by atoms with Crippen molar-refractivity contribution in [3.63, 3.8) is 0 Å². The lowest BCUT2D eigenvalue weighted by Crippen LogP contribution is -2.40. The second kappa shape index (κ2) is 9.64. The van der Waals surface area contributed by atoms with Crippen LogP contribution in [0.1, 0.15) is 27.5 Å². The number of fused-ring (bicyclic) bond motifs is 1. The van der Waals surface area contributed by atoms with Crippen molar-refractivity contribution in [2.75, 3.05) is 19.0 Å². The molecular formula is C26H21F5N4O2. The normalized spacial score (nSPS) is 12.4. The van der Waals surface area contributed by atoms with E-state index in [1.54, 1.807) is 25.9 Å².